The van der Waals surface area contributed by atoms with E-state index in [1.165, 1.54) is 41.5 Å². The molecule has 1 atom stereocenters. The van der Waals surface area contributed by atoms with Gasteiger partial charge in [-0.2, -0.15) is 8.42 Å². The van der Waals surface area contributed by atoms with Crippen LogP contribution in [0.5, 0.6) is 5.75 Å². The minimum Gasteiger partial charge on any atom is -0.489 e. The Morgan fingerprint density at radius 2 is 2.13 bits per heavy atom. The van der Waals surface area contributed by atoms with E-state index in [0.29, 0.717) is 17.0 Å². The quantitative estimate of drug-likeness (QED) is 0.510. The van der Waals surface area contributed by atoms with Crippen LogP contribution in [-0.2, 0) is 10.1 Å². The van der Waals surface area contributed by atoms with Crippen LogP contribution in [0.3, 0.4) is 0 Å². The third-order valence-electron chi connectivity index (χ3n) is 3.46. The summed E-state index contributed by atoms with van der Waals surface area (Å²) in [5, 5.41) is 9.66. The maximum Gasteiger partial charge on any atom is 0.290 e. The van der Waals surface area contributed by atoms with Crippen molar-refractivity contribution in [2.45, 2.75) is 5.37 Å². The van der Waals surface area contributed by atoms with E-state index in [0.717, 1.165) is 0 Å². The van der Waals surface area contributed by atoms with Gasteiger partial charge in [0.05, 0.1) is 10.6 Å². The van der Waals surface area contributed by atoms with Crippen LogP contribution in [0.4, 0.5) is 5.69 Å². The van der Waals surface area contributed by atoms with Gasteiger partial charge in [-0.25, -0.2) is 0 Å². The van der Waals surface area contributed by atoms with Crippen molar-refractivity contribution in [2.75, 3.05) is 6.61 Å². The third-order valence-corrected chi connectivity index (χ3v) is 4.45. The molecule has 0 saturated carbocycles. The van der Waals surface area contributed by atoms with Crippen LogP contribution < -0.4 is 4.74 Å². The van der Waals surface area contributed by atoms with Crippen LogP contribution in [0.1, 0.15) is 5.56 Å². The molecule has 0 amide bonds. The van der Waals surface area contributed by atoms with Crippen molar-refractivity contribution in [1.82, 2.24) is 4.90 Å². The van der Waals surface area contributed by atoms with Crippen LogP contribution in [0.25, 0.3) is 5.70 Å². The fraction of sp³-hybridized carbons (Fsp3) is 0.143. The predicted molar refractivity (Wildman–Crippen MR) is 82.0 cm³/mol. The van der Waals surface area contributed by atoms with Crippen LogP contribution >= 0.6 is 0 Å². The minimum atomic E-state index is -4.38. The number of nitro groups is 1. The zero-order valence-electron chi connectivity index (χ0n) is 11.7. The summed E-state index contributed by atoms with van der Waals surface area (Å²) in [4.78, 5) is 11.8. The van der Waals surface area contributed by atoms with Crippen molar-refractivity contribution < 1.29 is 22.6 Å². The molecule has 1 aromatic carbocycles. The summed E-state index contributed by atoms with van der Waals surface area (Å²) in [7, 11) is -4.38. The summed E-state index contributed by atoms with van der Waals surface area (Å²) in [6.07, 6.45) is 7.52. The maximum atomic E-state index is 11.6. The lowest BCUT2D eigenvalue weighted by Crippen LogP contribution is -2.36. The van der Waals surface area contributed by atoms with Crippen LogP contribution in [0, 0.1) is 10.1 Å². The molecule has 1 aromatic rings. The highest BCUT2D eigenvalue weighted by Gasteiger charge is 2.32. The van der Waals surface area contributed by atoms with Crippen molar-refractivity contribution in [1.29, 1.82) is 0 Å². The predicted octanol–water partition coefficient (Wildman–Crippen LogP) is 1.93. The smallest absolute Gasteiger partial charge is 0.290 e. The van der Waals surface area contributed by atoms with Gasteiger partial charge in [-0.15, -0.1) is 0 Å². The monoisotopic (exact) mass is 336 g/mol. The molecule has 8 nitrogen and oxygen atoms in total. The highest BCUT2D eigenvalue weighted by Crippen LogP contribution is 2.37. The van der Waals surface area contributed by atoms with Gasteiger partial charge in [0.15, 0.2) is 5.37 Å². The molecule has 1 unspecified atom stereocenters. The Labute approximate surface area is 131 Å². The molecule has 0 saturated heterocycles. The molecule has 1 N–H and O–H groups in total. The molecule has 120 valence electrons. The zero-order chi connectivity index (χ0) is 16.6. The molecule has 9 heteroatoms. The number of fused-ring (bicyclic) bond motifs is 1. The summed E-state index contributed by atoms with van der Waals surface area (Å²) in [5.41, 5.74) is 0.664. The van der Waals surface area contributed by atoms with Gasteiger partial charge in [-0.3, -0.25) is 14.7 Å². The van der Waals surface area contributed by atoms with Crippen molar-refractivity contribution in [3.05, 3.63) is 64.4 Å². The Morgan fingerprint density at radius 1 is 1.35 bits per heavy atom. The standard InChI is InChI=1S/C14H12N2O6S/c17-16(18)10-4-5-13-11(9-10)12(6-8-22-13)15-7-2-1-3-14(15)23(19,20)21/h1-7,9,14H,8H2,(H,19,20,21). The number of benzene rings is 1. The Hall–Kier alpha value is -2.65. The summed E-state index contributed by atoms with van der Waals surface area (Å²) < 4.78 is 38.0. The van der Waals surface area contributed by atoms with Crippen molar-refractivity contribution >= 4 is 21.5 Å². The number of rotatable bonds is 3. The van der Waals surface area contributed by atoms with Gasteiger partial charge in [0.25, 0.3) is 15.8 Å². The highest BCUT2D eigenvalue weighted by molar-refractivity contribution is 7.86. The number of hydrogen-bond donors (Lipinski definition) is 1. The first-order chi connectivity index (χ1) is 10.9. The average molecular weight is 336 g/mol. The molecule has 2 aliphatic heterocycles. The van der Waals surface area contributed by atoms with Crippen LogP contribution in [0.2, 0.25) is 0 Å². The van der Waals surface area contributed by atoms with Gasteiger partial charge >= 0.3 is 0 Å². The molecule has 23 heavy (non-hydrogen) atoms. The number of ether oxygens (including phenoxy) is 1. The first kappa shape index (κ1) is 15.3. The lowest BCUT2D eigenvalue weighted by molar-refractivity contribution is -0.384. The molecule has 0 bridgehead atoms. The third kappa shape index (κ3) is 2.83. The molecule has 2 heterocycles. The number of hydrogen-bond acceptors (Lipinski definition) is 6. The first-order valence-electron chi connectivity index (χ1n) is 6.59. The Kier molecular flexibility index (Phi) is 3.66. The summed E-state index contributed by atoms with van der Waals surface area (Å²) >= 11 is 0. The molecule has 0 radical (unpaired) electrons. The lowest BCUT2D eigenvalue weighted by Gasteiger charge is -2.32. The van der Waals surface area contributed by atoms with E-state index < -0.39 is 20.4 Å². The Morgan fingerprint density at radius 3 is 2.83 bits per heavy atom. The second-order valence-electron chi connectivity index (χ2n) is 4.88. The van der Waals surface area contributed by atoms with E-state index in [4.69, 9.17) is 4.74 Å². The number of nitrogens with zero attached hydrogens (tertiary/aromatic N) is 2. The molecular weight excluding hydrogens is 324 g/mol. The van der Waals surface area contributed by atoms with Gasteiger partial charge in [0, 0.05) is 23.9 Å². The molecule has 0 fully saturated rings. The van der Waals surface area contributed by atoms with Gasteiger partial charge in [-0.05, 0) is 24.3 Å². The first-order valence-corrected chi connectivity index (χ1v) is 8.09. The normalized spacial score (nSPS) is 19.8. The molecule has 0 aromatic heterocycles. The molecule has 0 aliphatic carbocycles. The van der Waals surface area contributed by atoms with Crippen LogP contribution in [-0.4, -0.2) is 34.8 Å². The fourth-order valence-corrected chi connectivity index (χ4v) is 3.22. The van der Waals surface area contributed by atoms with Crippen LogP contribution in [0.15, 0.2) is 48.7 Å². The molecule has 3 rings (SSSR count). The van der Waals surface area contributed by atoms with Crippen molar-refractivity contribution in [3.63, 3.8) is 0 Å². The van der Waals surface area contributed by atoms with E-state index in [9.17, 15) is 23.1 Å². The average Bonchev–Trinajstić information content (AvgIpc) is 2.53. The zero-order valence-corrected chi connectivity index (χ0v) is 12.5. The SMILES string of the molecule is O=[N+]([O-])c1ccc2c(c1)C(N1C=CC=CC1S(=O)(=O)O)=CCO2. The maximum absolute atomic E-state index is 11.6. The minimum absolute atomic E-state index is 0.139. The van der Waals surface area contributed by atoms with E-state index >= 15 is 0 Å². The number of non-ortho nitro benzene ring substituents is 1. The van der Waals surface area contributed by atoms with E-state index in [1.54, 1.807) is 12.2 Å². The summed E-state index contributed by atoms with van der Waals surface area (Å²) in [6.45, 7) is 0.187. The fourth-order valence-electron chi connectivity index (χ4n) is 2.46. The number of nitro benzene ring substituents is 1. The molecule has 2 aliphatic rings. The summed E-state index contributed by atoms with van der Waals surface area (Å²) in [5.74, 6) is 0.408. The van der Waals surface area contributed by atoms with Gasteiger partial charge in [0.2, 0.25) is 0 Å². The largest absolute Gasteiger partial charge is 0.489 e. The summed E-state index contributed by atoms with van der Waals surface area (Å²) in [6, 6.07) is 4.09. The van der Waals surface area contributed by atoms with Gasteiger partial charge < -0.3 is 9.64 Å². The topological polar surface area (TPSA) is 110 Å². The lowest BCUT2D eigenvalue weighted by atomic mass is 10.1. The molecular formula is C14H12N2O6S. The Balaban J connectivity index is 2.09. The van der Waals surface area contributed by atoms with E-state index in [-0.39, 0.29) is 12.3 Å². The Bertz CT molecular complexity index is 856. The van der Waals surface area contributed by atoms with Gasteiger partial charge in [0.1, 0.15) is 12.4 Å². The second kappa shape index (κ2) is 5.52. The van der Waals surface area contributed by atoms with E-state index in [2.05, 4.69) is 0 Å². The van der Waals surface area contributed by atoms with Crippen molar-refractivity contribution in [3.8, 4) is 5.75 Å². The van der Waals surface area contributed by atoms with Gasteiger partial charge in [-0.1, -0.05) is 6.08 Å². The van der Waals surface area contributed by atoms with E-state index in [1.807, 2.05) is 0 Å². The number of allylic oxidation sites excluding steroid dienone is 2. The molecule has 0 spiro atoms. The van der Waals surface area contributed by atoms with Crippen molar-refractivity contribution in [2.24, 2.45) is 0 Å². The second-order valence-corrected chi connectivity index (χ2v) is 6.39. The highest BCUT2D eigenvalue weighted by atomic mass is 32.2.